The predicted molar refractivity (Wildman–Crippen MR) is 47.7 cm³/mol. The van der Waals surface area contributed by atoms with Crippen LogP contribution >= 0.6 is 0 Å². The standard InChI is InChI=1S/C10H15NO2/c1-6(12)9(13)8-7(4-5-11)10(8,2)3/h7-9,13H,4H2,1-3H3/t7-,8-,9-/m0/s1. The largest absolute Gasteiger partial charge is 0.385 e. The summed E-state index contributed by atoms with van der Waals surface area (Å²) in [6, 6.07) is 2.09. The van der Waals surface area contributed by atoms with Crippen LogP contribution in [0.4, 0.5) is 0 Å². The summed E-state index contributed by atoms with van der Waals surface area (Å²) in [6.07, 6.45) is -0.449. The summed E-state index contributed by atoms with van der Waals surface area (Å²) in [5.74, 6) is -0.0421. The molecule has 3 nitrogen and oxygen atoms in total. The Morgan fingerprint density at radius 3 is 2.62 bits per heavy atom. The van der Waals surface area contributed by atoms with Crippen molar-refractivity contribution < 1.29 is 9.90 Å². The predicted octanol–water partition coefficient (Wildman–Crippen LogP) is 1.12. The van der Waals surface area contributed by atoms with E-state index in [2.05, 4.69) is 6.07 Å². The Morgan fingerprint density at radius 2 is 2.23 bits per heavy atom. The minimum Gasteiger partial charge on any atom is -0.385 e. The number of hydrogen-bond donors (Lipinski definition) is 1. The van der Waals surface area contributed by atoms with Gasteiger partial charge in [0.1, 0.15) is 6.10 Å². The molecule has 0 radical (unpaired) electrons. The summed E-state index contributed by atoms with van der Waals surface area (Å²) < 4.78 is 0. The van der Waals surface area contributed by atoms with E-state index >= 15 is 0 Å². The highest BCUT2D eigenvalue weighted by Gasteiger charge is 2.61. The SMILES string of the molecule is CC(=O)[C@H](O)[C@@H]1[C@H](CC#N)C1(C)C. The molecule has 0 unspecified atom stereocenters. The van der Waals surface area contributed by atoms with Crippen molar-refractivity contribution in [2.24, 2.45) is 17.3 Å². The number of carbonyl (C=O) groups is 1. The van der Waals surface area contributed by atoms with Crippen LogP contribution in [0.1, 0.15) is 27.2 Å². The first kappa shape index (κ1) is 10.2. The topological polar surface area (TPSA) is 61.1 Å². The molecule has 0 heterocycles. The van der Waals surface area contributed by atoms with Gasteiger partial charge in [0.15, 0.2) is 5.78 Å². The molecule has 13 heavy (non-hydrogen) atoms. The van der Waals surface area contributed by atoms with E-state index < -0.39 is 6.10 Å². The fraction of sp³-hybridized carbons (Fsp3) is 0.800. The highest BCUT2D eigenvalue weighted by atomic mass is 16.3. The van der Waals surface area contributed by atoms with Crippen LogP contribution in [0.3, 0.4) is 0 Å². The van der Waals surface area contributed by atoms with Crippen LogP contribution in [0.5, 0.6) is 0 Å². The molecular weight excluding hydrogens is 166 g/mol. The molecule has 1 saturated carbocycles. The fourth-order valence-electron chi connectivity index (χ4n) is 2.15. The van der Waals surface area contributed by atoms with E-state index in [1.54, 1.807) is 0 Å². The second-order valence-corrected chi connectivity index (χ2v) is 4.37. The lowest BCUT2D eigenvalue weighted by molar-refractivity contribution is -0.126. The maximum atomic E-state index is 10.9. The number of nitrogens with zero attached hydrogens (tertiary/aromatic N) is 1. The second-order valence-electron chi connectivity index (χ2n) is 4.37. The lowest BCUT2D eigenvalue weighted by Crippen LogP contribution is -2.22. The summed E-state index contributed by atoms with van der Waals surface area (Å²) in [6.45, 7) is 5.38. The first-order valence-corrected chi connectivity index (χ1v) is 4.48. The highest BCUT2D eigenvalue weighted by molar-refractivity contribution is 5.81. The zero-order chi connectivity index (χ0) is 10.2. The van der Waals surface area contributed by atoms with E-state index in [1.807, 2.05) is 13.8 Å². The summed E-state index contributed by atoms with van der Waals surface area (Å²) in [4.78, 5) is 10.9. The molecular formula is C10H15NO2. The maximum Gasteiger partial charge on any atom is 0.158 e. The maximum absolute atomic E-state index is 10.9. The van der Waals surface area contributed by atoms with Gasteiger partial charge in [0.2, 0.25) is 0 Å². The van der Waals surface area contributed by atoms with Crippen molar-refractivity contribution in [1.82, 2.24) is 0 Å². The summed E-state index contributed by atoms with van der Waals surface area (Å²) >= 11 is 0. The molecule has 0 aromatic carbocycles. The third-order valence-electron chi connectivity index (χ3n) is 3.21. The van der Waals surface area contributed by atoms with Gasteiger partial charge in [-0.05, 0) is 18.3 Å². The Labute approximate surface area is 78.4 Å². The Hall–Kier alpha value is -0.880. The van der Waals surface area contributed by atoms with Crippen LogP contribution in [0, 0.1) is 28.6 Å². The minimum atomic E-state index is -0.881. The Balaban J connectivity index is 2.65. The molecule has 0 saturated heterocycles. The van der Waals surface area contributed by atoms with Crippen molar-refractivity contribution in [3.05, 3.63) is 0 Å². The molecule has 0 amide bonds. The van der Waals surface area contributed by atoms with Crippen molar-refractivity contribution in [2.45, 2.75) is 33.3 Å². The number of hydrogen-bond acceptors (Lipinski definition) is 3. The average molecular weight is 181 g/mol. The first-order valence-electron chi connectivity index (χ1n) is 4.48. The lowest BCUT2D eigenvalue weighted by Gasteiger charge is -2.07. The molecule has 0 aromatic heterocycles. The van der Waals surface area contributed by atoms with Gasteiger partial charge in [0.25, 0.3) is 0 Å². The number of nitriles is 1. The van der Waals surface area contributed by atoms with Crippen molar-refractivity contribution in [3.63, 3.8) is 0 Å². The molecule has 0 spiro atoms. The normalized spacial score (nSPS) is 31.9. The molecule has 0 bridgehead atoms. The summed E-state index contributed by atoms with van der Waals surface area (Å²) in [5, 5.41) is 18.1. The van der Waals surface area contributed by atoms with Gasteiger partial charge in [-0.2, -0.15) is 5.26 Å². The van der Waals surface area contributed by atoms with Gasteiger partial charge in [-0.3, -0.25) is 4.79 Å². The van der Waals surface area contributed by atoms with E-state index in [0.29, 0.717) is 6.42 Å². The molecule has 72 valence electrons. The number of ketones is 1. The van der Waals surface area contributed by atoms with Gasteiger partial charge in [-0.1, -0.05) is 13.8 Å². The van der Waals surface area contributed by atoms with Crippen LogP contribution < -0.4 is 0 Å². The zero-order valence-corrected chi connectivity index (χ0v) is 8.24. The Bertz CT molecular complexity index is 265. The molecule has 1 fully saturated rings. The molecule has 1 aliphatic carbocycles. The number of aliphatic hydroxyl groups excluding tert-OH is 1. The molecule has 0 aromatic rings. The van der Waals surface area contributed by atoms with Crippen LogP contribution in [-0.4, -0.2) is 17.0 Å². The van der Waals surface area contributed by atoms with Gasteiger partial charge in [0.05, 0.1) is 6.07 Å². The number of rotatable bonds is 3. The number of Topliss-reactive ketones (excluding diaryl/α,β-unsaturated/α-hetero) is 1. The van der Waals surface area contributed by atoms with E-state index in [0.717, 1.165) is 0 Å². The Morgan fingerprint density at radius 1 is 1.69 bits per heavy atom. The van der Waals surface area contributed by atoms with Crippen LogP contribution in [0.15, 0.2) is 0 Å². The highest BCUT2D eigenvalue weighted by Crippen LogP contribution is 2.61. The zero-order valence-electron chi connectivity index (χ0n) is 8.24. The average Bonchev–Trinajstić information content (AvgIpc) is 2.53. The van der Waals surface area contributed by atoms with Crippen molar-refractivity contribution in [2.75, 3.05) is 0 Å². The molecule has 3 heteroatoms. The quantitative estimate of drug-likeness (QED) is 0.709. The van der Waals surface area contributed by atoms with Gasteiger partial charge < -0.3 is 5.11 Å². The Kier molecular flexibility index (Phi) is 2.44. The first-order chi connectivity index (χ1) is 5.92. The van der Waals surface area contributed by atoms with E-state index in [-0.39, 0.29) is 23.0 Å². The van der Waals surface area contributed by atoms with E-state index in [4.69, 9.17) is 5.26 Å². The third kappa shape index (κ3) is 1.59. The van der Waals surface area contributed by atoms with Crippen molar-refractivity contribution in [1.29, 1.82) is 5.26 Å². The van der Waals surface area contributed by atoms with Gasteiger partial charge in [-0.15, -0.1) is 0 Å². The van der Waals surface area contributed by atoms with Gasteiger partial charge in [-0.25, -0.2) is 0 Å². The van der Waals surface area contributed by atoms with Gasteiger partial charge >= 0.3 is 0 Å². The third-order valence-corrected chi connectivity index (χ3v) is 3.21. The smallest absolute Gasteiger partial charge is 0.158 e. The van der Waals surface area contributed by atoms with Crippen molar-refractivity contribution in [3.8, 4) is 6.07 Å². The van der Waals surface area contributed by atoms with Gasteiger partial charge in [0, 0.05) is 12.3 Å². The molecule has 1 N–H and O–H groups in total. The molecule has 1 rings (SSSR count). The molecule has 3 atom stereocenters. The number of aliphatic hydroxyl groups is 1. The van der Waals surface area contributed by atoms with Crippen LogP contribution in [0.2, 0.25) is 0 Å². The van der Waals surface area contributed by atoms with E-state index in [1.165, 1.54) is 6.92 Å². The minimum absolute atomic E-state index is 0.0235. The molecule has 1 aliphatic rings. The lowest BCUT2D eigenvalue weighted by atomic mass is 10.0. The van der Waals surface area contributed by atoms with Crippen LogP contribution in [-0.2, 0) is 4.79 Å². The van der Waals surface area contributed by atoms with E-state index in [9.17, 15) is 9.90 Å². The number of carbonyl (C=O) groups excluding carboxylic acids is 1. The monoisotopic (exact) mass is 181 g/mol. The second kappa shape index (κ2) is 3.12. The van der Waals surface area contributed by atoms with Crippen molar-refractivity contribution >= 4 is 5.78 Å². The fourth-order valence-corrected chi connectivity index (χ4v) is 2.15. The summed E-state index contributed by atoms with van der Waals surface area (Å²) in [5.41, 5.74) is -0.0547. The summed E-state index contributed by atoms with van der Waals surface area (Å²) in [7, 11) is 0. The van der Waals surface area contributed by atoms with Crippen LogP contribution in [0.25, 0.3) is 0 Å². The molecule has 0 aliphatic heterocycles.